The highest BCUT2D eigenvalue weighted by Crippen LogP contribution is 2.27. The first-order valence-corrected chi connectivity index (χ1v) is 9.74. The Morgan fingerprint density at radius 2 is 1.80 bits per heavy atom. The molecule has 1 aromatic carbocycles. The maximum absolute atomic E-state index is 12.2. The van der Waals surface area contributed by atoms with Crippen molar-refractivity contribution < 1.29 is 9.59 Å². The highest BCUT2D eigenvalue weighted by molar-refractivity contribution is 7.10. The van der Waals surface area contributed by atoms with Crippen LogP contribution in [0, 0.1) is 0 Å². The van der Waals surface area contributed by atoms with Gasteiger partial charge in [-0.1, -0.05) is 36.4 Å². The highest BCUT2D eigenvalue weighted by Gasteiger charge is 2.24. The SMILES string of the molecule is O=C(CCC(=O)c1ccccc1)NC[C@@H](c1cccs1)N1CCCC1. The van der Waals surface area contributed by atoms with Crippen LogP contribution in [0.25, 0.3) is 0 Å². The predicted octanol–water partition coefficient (Wildman–Crippen LogP) is 3.66. The zero-order valence-corrected chi connectivity index (χ0v) is 15.1. The fourth-order valence-corrected chi connectivity index (χ4v) is 4.10. The van der Waals surface area contributed by atoms with Crippen molar-refractivity contribution in [2.45, 2.75) is 31.7 Å². The van der Waals surface area contributed by atoms with Crippen molar-refractivity contribution in [2.24, 2.45) is 0 Å². The number of hydrogen-bond acceptors (Lipinski definition) is 4. The van der Waals surface area contributed by atoms with Crippen molar-refractivity contribution >= 4 is 23.0 Å². The van der Waals surface area contributed by atoms with Gasteiger partial charge in [-0.05, 0) is 37.4 Å². The highest BCUT2D eigenvalue weighted by atomic mass is 32.1. The summed E-state index contributed by atoms with van der Waals surface area (Å²) in [6.07, 6.45) is 2.94. The Labute approximate surface area is 152 Å². The molecule has 25 heavy (non-hydrogen) atoms. The van der Waals surface area contributed by atoms with E-state index in [1.54, 1.807) is 23.5 Å². The Hall–Kier alpha value is -1.98. The topological polar surface area (TPSA) is 49.4 Å². The van der Waals surface area contributed by atoms with E-state index in [9.17, 15) is 9.59 Å². The number of carbonyl (C=O) groups excluding carboxylic acids is 2. The molecular weight excluding hydrogens is 332 g/mol. The van der Waals surface area contributed by atoms with Crippen LogP contribution < -0.4 is 5.32 Å². The third kappa shape index (κ3) is 5.00. The number of carbonyl (C=O) groups is 2. The second kappa shape index (κ2) is 8.92. The quantitative estimate of drug-likeness (QED) is 0.734. The number of thiophene rings is 1. The predicted molar refractivity (Wildman–Crippen MR) is 101 cm³/mol. The molecule has 5 heteroatoms. The minimum Gasteiger partial charge on any atom is -0.354 e. The Kier molecular flexibility index (Phi) is 6.36. The third-order valence-corrected chi connectivity index (χ3v) is 5.59. The molecule has 1 saturated heterocycles. The van der Waals surface area contributed by atoms with Crippen molar-refractivity contribution in [3.8, 4) is 0 Å². The Bertz CT molecular complexity index is 679. The lowest BCUT2D eigenvalue weighted by atomic mass is 10.1. The van der Waals surface area contributed by atoms with Crippen LogP contribution in [-0.2, 0) is 4.79 Å². The number of Topliss-reactive ketones (excluding diaryl/α,β-unsaturated/α-hetero) is 1. The van der Waals surface area contributed by atoms with E-state index in [0.29, 0.717) is 12.1 Å². The van der Waals surface area contributed by atoms with E-state index in [2.05, 4.69) is 27.7 Å². The summed E-state index contributed by atoms with van der Waals surface area (Å²) in [4.78, 5) is 28.0. The van der Waals surface area contributed by atoms with Crippen LogP contribution in [0.1, 0.15) is 47.0 Å². The van der Waals surface area contributed by atoms with Gasteiger partial charge in [0.15, 0.2) is 5.78 Å². The number of likely N-dealkylation sites (tertiary alicyclic amines) is 1. The lowest BCUT2D eigenvalue weighted by Crippen LogP contribution is -2.36. The smallest absolute Gasteiger partial charge is 0.220 e. The fraction of sp³-hybridized carbons (Fsp3) is 0.400. The zero-order valence-electron chi connectivity index (χ0n) is 14.3. The molecule has 0 bridgehead atoms. The number of amides is 1. The molecule has 1 fully saturated rings. The molecule has 0 radical (unpaired) electrons. The van der Waals surface area contributed by atoms with Gasteiger partial charge >= 0.3 is 0 Å². The molecule has 1 N–H and O–H groups in total. The molecule has 1 aliphatic rings. The van der Waals surface area contributed by atoms with E-state index in [-0.39, 0.29) is 30.6 Å². The van der Waals surface area contributed by atoms with Crippen molar-refractivity contribution in [1.82, 2.24) is 10.2 Å². The number of benzene rings is 1. The zero-order chi connectivity index (χ0) is 17.5. The molecule has 2 aromatic rings. The summed E-state index contributed by atoms with van der Waals surface area (Å²) in [5.74, 6) is -0.0323. The van der Waals surface area contributed by atoms with E-state index in [1.807, 2.05) is 18.2 Å². The second-order valence-corrected chi connectivity index (χ2v) is 7.35. The average Bonchev–Trinajstić information content (AvgIpc) is 3.35. The average molecular weight is 356 g/mol. The molecule has 3 rings (SSSR count). The number of nitrogens with one attached hydrogen (secondary N) is 1. The van der Waals surface area contributed by atoms with Crippen LogP contribution in [0.15, 0.2) is 47.8 Å². The molecule has 1 amide bonds. The molecule has 132 valence electrons. The minimum atomic E-state index is -0.0509. The van der Waals surface area contributed by atoms with E-state index in [4.69, 9.17) is 0 Å². The summed E-state index contributed by atoms with van der Waals surface area (Å²) in [6.45, 7) is 2.79. The van der Waals surface area contributed by atoms with E-state index < -0.39 is 0 Å². The molecule has 0 unspecified atom stereocenters. The fourth-order valence-electron chi connectivity index (χ4n) is 3.24. The van der Waals surface area contributed by atoms with Gasteiger partial charge in [0.05, 0.1) is 6.04 Å². The molecule has 2 heterocycles. The Morgan fingerprint density at radius 3 is 2.48 bits per heavy atom. The number of hydrogen-bond donors (Lipinski definition) is 1. The van der Waals surface area contributed by atoms with Crippen molar-refractivity contribution in [3.63, 3.8) is 0 Å². The summed E-state index contributed by atoms with van der Waals surface area (Å²) >= 11 is 1.74. The molecule has 0 spiro atoms. The van der Waals surface area contributed by atoms with Crippen molar-refractivity contribution in [2.75, 3.05) is 19.6 Å². The van der Waals surface area contributed by atoms with Gasteiger partial charge in [-0.25, -0.2) is 0 Å². The summed E-state index contributed by atoms with van der Waals surface area (Å²) in [6, 6.07) is 13.6. The maximum atomic E-state index is 12.2. The van der Waals surface area contributed by atoms with Crippen LogP contribution in [0.4, 0.5) is 0 Å². The van der Waals surface area contributed by atoms with Gasteiger partial charge in [0.1, 0.15) is 0 Å². The summed E-state index contributed by atoms with van der Waals surface area (Å²) in [7, 11) is 0. The summed E-state index contributed by atoms with van der Waals surface area (Å²) in [5.41, 5.74) is 0.670. The summed E-state index contributed by atoms with van der Waals surface area (Å²) < 4.78 is 0. The normalized spacial score (nSPS) is 15.8. The van der Waals surface area contributed by atoms with E-state index in [1.165, 1.54) is 17.7 Å². The van der Waals surface area contributed by atoms with Gasteiger partial charge in [-0.2, -0.15) is 0 Å². The molecule has 0 aliphatic carbocycles. The van der Waals surface area contributed by atoms with Gasteiger partial charge in [0.25, 0.3) is 0 Å². The van der Waals surface area contributed by atoms with Crippen LogP contribution in [0.5, 0.6) is 0 Å². The first kappa shape index (κ1) is 17.8. The molecular formula is C20H24N2O2S. The van der Waals surface area contributed by atoms with Gasteiger partial charge in [0.2, 0.25) is 5.91 Å². The van der Waals surface area contributed by atoms with Gasteiger partial charge < -0.3 is 5.32 Å². The van der Waals surface area contributed by atoms with Crippen molar-refractivity contribution in [1.29, 1.82) is 0 Å². The monoisotopic (exact) mass is 356 g/mol. The largest absolute Gasteiger partial charge is 0.354 e. The lowest BCUT2D eigenvalue weighted by molar-refractivity contribution is -0.121. The Morgan fingerprint density at radius 1 is 1.04 bits per heavy atom. The second-order valence-electron chi connectivity index (χ2n) is 6.37. The van der Waals surface area contributed by atoms with Crippen LogP contribution in [-0.4, -0.2) is 36.2 Å². The maximum Gasteiger partial charge on any atom is 0.220 e. The molecule has 0 saturated carbocycles. The molecule has 1 aliphatic heterocycles. The molecule has 1 atom stereocenters. The first-order valence-electron chi connectivity index (χ1n) is 8.86. The van der Waals surface area contributed by atoms with Gasteiger partial charge in [0, 0.05) is 29.8 Å². The van der Waals surface area contributed by atoms with E-state index >= 15 is 0 Å². The number of rotatable bonds is 8. The first-order chi connectivity index (χ1) is 12.2. The lowest BCUT2D eigenvalue weighted by Gasteiger charge is -2.26. The number of ketones is 1. The van der Waals surface area contributed by atoms with Crippen molar-refractivity contribution in [3.05, 3.63) is 58.3 Å². The molecule has 1 aromatic heterocycles. The van der Waals surface area contributed by atoms with Gasteiger partial charge in [-0.3, -0.25) is 14.5 Å². The number of nitrogens with zero attached hydrogens (tertiary/aromatic N) is 1. The Balaban J connectivity index is 1.49. The van der Waals surface area contributed by atoms with Gasteiger partial charge in [-0.15, -0.1) is 11.3 Å². The molecule has 4 nitrogen and oxygen atoms in total. The van der Waals surface area contributed by atoms with E-state index in [0.717, 1.165) is 13.1 Å². The van der Waals surface area contributed by atoms with Crippen LogP contribution in [0.2, 0.25) is 0 Å². The van der Waals surface area contributed by atoms with Crippen LogP contribution >= 0.6 is 11.3 Å². The standard InChI is InChI=1S/C20H24N2O2S/c23-18(16-7-2-1-3-8-16)10-11-20(24)21-15-17(19-9-6-14-25-19)22-12-4-5-13-22/h1-3,6-9,14,17H,4-5,10-13,15H2,(H,21,24)/t17-/m0/s1. The third-order valence-electron chi connectivity index (χ3n) is 4.62. The summed E-state index contributed by atoms with van der Waals surface area (Å²) in [5, 5.41) is 5.11. The minimum absolute atomic E-state index is 0.0186. The van der Waals surface area contributed by atoms with Crippen LogP contribution in [0.3, 0.4) is 0 Å².